The Morgan fingerprint density at radius 2 is 1.74 bits per heavy atom. The quantitative estimate of drug-likeness (QED) is 0.686. The molecule has 0 spiro atoms. The lowest BCUT2D eigenvalue weighted by Crippen LogP contribution is -2.21. The second-order valence-electron chi connectivity index (χ2n) is 6.19. The van der Waals surface area contributed by atoms with Gasteiger partial charge in [0.05, 0.1) is 6.61 Å². The van der Waals surface area contributed by atoms with Crippen LogP contribution >= 0.6 is 0 Å². The summed E-state index contributed by atoms with van der Waals surface area (Å²) >= 11 is 0. The number of anilines is 2. The Morgan fingerprint density at radius 1 is 1.04 bits per heavy atom. The summed E-state index contributed by atoms with van der Waals surface area (Å²) in [4.78, 5) is 25.8. The second kappa shape index (κ2) is 10.2. The van der Waals surface area contributed by atoms with Crippen molar-refractivity contribution >= 4 is 23.3 Å². The maximum Gasteiger partial charge on any atom is 0.306 e. The molecule has 0 saturated carbocycles. The first-order valence-electron chi connectivity index (χ1n) is 8.93. The van der Waals surface area contributed by atoms with E-state index in [4.69, 9.17) is 9.47 Å². The summed E-state index contributed by atoms with van der Waals surface area (Å²) in [5.41, 5.74) is 2.64. The molecule has 0 aliphatic heterocycles. The maximum atomic E-state index is 11.9. The lowest BCUT2D eigenvalue weighted by Gasteiger charge is -2.13. The van der Waals surface area contributed by atoms with E-state index in [1.807, 2.05) is 62.3 Å². The number of amides is 1. The van der Waals surface area contributed by atoms with Gasteiger partial charge in [0.25, 0.3) is 5.91 Å². The van der Waals surface area contributed by atoms with E-state index in [0.29, 0.717) is 18.7 Å². The van der Waals surface area contributed by atoms with E-state index >= 15 is 0 Å². The molecule has 1 N–H and O–H groups in total. The van der Waals surface area contributed by atoms with Crippen molar-refractivity contribution in [3.05, 3.63) is 54.1 Å². The molecular weight excluding hydrogens is 344 g/mol. The van der Waals surface area contributed by atoms with Gasteiger partial charge in [0.1, 0.15) is 5.75 Å². The summed E-state index contributed by atoms with van der Waals surface area (Å²) in [7, 11) is 3.89. The zero-order chi connectivity index (χ0) is 19.6. The molecular formula is C21H26N2O4. The molecule has 0 bridgehead atoms. The Balaban J connectivity index is 1.75. The molecule has 2 aromatic rings. The predicted molar refractivity (Wildman–Crippen MR) is 106 cm³/mol. The van der Waals surface area contributed by atoms with Crippen LogP contribution in [0.15, 0.2) is 48.5 Å². The fourth-order valence-corrected chi connectivity index (χ4v) is 2.50. The van der Waals surface area contributed by atoms with Crippen LogP contribution in [0, 0.1) is 0 Å². The Morgan fingerprint density at radius 3 is 2.41 bits per heavy atom. The molecule has 6 nitrogen and oxygen atoms in total. The van der Waals surface area contributed by atoms with Gasteiger partial charge in [-0.05, 0) is 49.2 Å². The van der Waals surface area contributed by atoms with Crippen molar-refractivity contribution < 1.29 is 19.1 Å². The van der Waals surface area contributed by atoms with Gasteiger partial charge in [0, 0.05) is 31.9 Å². The molecule has 0 saturated heterocycles. The number of nitrogens with zero attached hydrogens (tertiary/aromatic N) is 1. The van der Waals surface area contributed by atoms with Crippen LogP contribution in [-0.2, 0) is 20.7 Å². The van der Waals surface area contributed by atoms with Crippen molar-refractivity contribution in [1.82, 2.24) is 0 Å². The summed E-state index contributed by atoms with van der Waals surface area (Å²) in [6.45, 7) is 2.18. The monoisotopic (exact) mass is 370 g/mol. The van der Waals surface area contributed by atoms with Gasteiger partial charge in [0.2, 0.25) is 0 Å². The number of benzene rings is 2. The van der Waals surface area contributed by atoms with Crippen molar-refractivity contribution in [3.8, 4) is 5.75 Å². The third-order valence-electron chi connectivity index (χ3n) is 3.90. The third kappa shape index (κ3) is 6.66. The molecule has 0 atom stereocenters. The highest BCUT2D eigenvalue weighted by Gasteiger charge is 2.10. The molecule has 0 aliphatic rings. The minimum Gasteiger partial charge on any atom is -0.494 e. The molecule has 0 heterocycles. The number of para-hydroxylation sites is 1. The van der Waals surface area contributed by atoms with E-state index in [-0.39, 0.29) is 18.9 Å². The molecule has 0 aromatic heterocycles. The van der Waals surface area contributed by atoms with E-state index in [0.717, 1.165) is 17.0 Å². The predicted octanol–water partition coefficient (Wildman–Crippen LogP) is 3.27. The van der Waals surface area contributed by atoms with Crippen LogP contribution in [0.25, 0.3) is 0 Å². The molecule has 2 rings (SSSR count). The Labute approximate surface area is 160 Å². The van der Waals surface area contributed by atoms with Crippen LogP contribution in [0.1, 0.15) is 18.9 Å². The van der Waals surface area contributed by atoms with Crippen LogP contribution in [0.4, 0.5) is 11.4 Å². The highest BCUT2D eigenvalue weighted by Crippen LogP contribution is 2.19. The minimum atomic E-state index is -0.417. The molecule has 0 fully saturated rings. The van der Waals surface area contributed by atoms with E-state index < -0.39 is 5.97 Å². The fraction of sp³-hybridized carbons (Fsp3) is 0.333. The Kier molecular flexibility index (Phi) is 7.67. The summed E-state index contributed by atoms with van der Waals surface area (Å²) in [6.07, 6.45) is 0.692. The van der Waals surface area contributed by atoms with Crippen molar-refractivity contribution in [1.29, 1.82) is 0 Å². The molecule has 144 valence electrons. The van der Waals surface area contributed by atoms with Gasteiger partial charge in [-0.25, -0.2) is 0 Å². The molecule has 27 heavy (non-hydrogen) atoms. The van der Waals surface area contributed by atoms with Gasteiger partial charge < -0.3 is 19.7 Å². The van der Waals surface area contributed by atoms with Gasteiger partial charge in [-0.1, -0.05) is 18.2 Å². The minimum absolute atomic E-state index is 0.189. The first kappa shape index (κ1) is 20.3. The largest absolute Gasteiger partial charge is 0.494 e. The zero-order valence-corrected chi connectivity index (χ0v) is 16.0. The maximum absolute atomic E-state index is 11.9. The number of nitrogens with one attached hydrogen (secondary N) is 1. The van der Waals surface area contributed by atoms with Crippen LogP contribution in [0.3, 0.4) is 0 Å². The third-order valence-corrected chi connectivity index (χ3v) is 3.90. The number of aryl methyl sites for hydroxylation is 1. The first-order valence-corrected chi connectivity index (χ1v) is 8.93. The summed E-state index contributed by atoms with van der Waals surface area (Å²) < 4.78 is 10.6. The summed E-state index contributed by atoms with van der Waals surface area (Å²) in [6, 6.07) is 15.0. The molecule has 0 unspecified atom stereocenters. The summed E-state index contributed by atoms with van der Waals surface area (Å²) in [5, 5.41) is 2.71. The van der Waals surface area contributed by atoms with Crippen LogP contribution < -0.4 is 15.0 Å². The van der Waals surface area contributed by atoms with Gasteiger partial charge in [0.15, 0.2) is 6.61 Å². The van der Waals surface area contributed by atoms with Crippen molar-refractivity contribution in [2.45, 2.75) is 19.8 Å². The lowest BCUT2D eigenvalue weighted by molar-refractivity contribution is -0.147. The topological polar surface area (TPSA) is 67.9 Å². The number of rotatable bonds is 9. The van der Waals surface area contributed by atoms with Gasteiger partial charge in [-0.2, -0.15) is 0 Å². The number of esters is 1. The SMILES string of the molecule is CCOc1ccccc1CCC(=O)OCC(=O)Nc1ccc(N(C)C)cc1. The summed E-state index contributed by atoms with van der Waals surface area (Å²) in [5.74, 6) is -0.0122. The van der Waals surface area contributed by atoms with Crippen LogP contribution in [0.5, 0.6) is 5.75 Å². The number of carbonyl (C=O) groups is 2. The first-order chi connectivity index (χ1) is 13.0. The molecule has 0 aliphatic carbocycles. The zero-order valence-electron chi connectivity index (χ0n) is 16.0. The van der Waals surface area contributed by atoms with Gasteiger partial charge in [-0.3, -0.25) is 9.59 Å². The Hall–Kier alpha value is -3.02. The van der Waals surface area contributed by atoms with E-state index in [1.54, 1.807) is 12.1 Å². The van der Waals surface area contributed by atoms with Gasteiger partial charge in [-0.15, -0.1) is 0 Å². The molecule has 2 aromatic carbocycles. The van der Waals surface area contributed by atoms with Crippen LogP contribution in [0.2, 0.25) is 0 Å². The fourth-order valence-electron chi connectivity index (χ4n) is 2.50. The van der Waals surface area contributed by atoms with Crippen molar-refractivity contribution in [2.24, 2.45) is 0 Å². The average molecular weight is 370 g/mol. The second-order valence-corrected chi connectivity index (χ2v) is 6.19. The molecule has 6 heteroatoms. The number of hydrogen-bond donors (Lipinski definition) is 1. The normalized spacial score (nSPS) is 10.2. The highest BCUT2D eigenvalue weighted by atomic mass is 16.5. The molecule has 1 amide bonds. The van der Waals surface area contributed by atoms with E-state index in [1.165, 1.54) is 0 Å². The highest BCUT2D eigenvalue weighted by molar-refractivity contribution is 5.92. The lowest BCUT2D eigenvalue weighted by atomic mass is 10.1. The van der Waals surface area contributed by atoms with Gasteiger partial charge >= 0.3 is 5.97 Å². The number of ether oxygens (including phenoxy) is 2. The average Bonchev–Trinajstić information content (AvgIpc) is 2.66. The van der Waals surface area contributed by atoms with E-state index in [9.17, 15) is 9.59 Å². The standard InChI is InChI=1S/C21H26N2O4/c1-4-26-19-8-6-5-7-16(19)9-14-21(25)27-15-20(24)22-17-10-12-18(13-11-17)23(2)3/h5-8,10-13H,4,9,14-15H2,1-3H3,(H,22,24). The number of hydrogen-bond acceptors (Lipinski definition) is 5. The molecule has 0 radical (unpaired) electrons. The van der Waals surface area contributed by atoms with E-state index in [2.05, 4.69) is 5.32 Å². The van der Waals surface area contributed by atoms with Crippen molar-refractivity contribution in [3.63, 3.8) is 0 Å². The van der Waals surface area contributed by atoms with Crippen molar-refractivity contribution in [2.75, 3.05) is 37.5 Å². The number of carbonyl (C=O) groups excluding carboxylic acids is 2. The smallest absolute Gasteiger partial charge is 0.306 e. The Bertz CT molecular complexity index is 757. The van der Waals surface area contributed by atoms with Crippen LogP contribution in [-0.4, -0.2) is 39.2 Å².